The highest BCUT2D eigenvalue weighted by atomic mass is 32.2. The highest BCUT2D eigenvalue weighted by molar-refractivity contribution is 7.89. The number of hydrogen-bond donors (Lipinski definition) is 2. The van der Waals surface area contributed by atoms with Gasteiger partial charge in [-0.25, -0.2) is 18.5 Å². The van der Waals surface area contributed by atoms with Gasteiger partial charge in [-0.3, -0.25) is 9.69 Å². The Hall–Kier alpha value is -2.79. The smallest absolute Gasteiger partial charge is 0.238 e. The number of ether oxygens (including phenoxy) is 1. The summed E-state index contributed by atoms with van der Waals surface area (Å²) >= 11 is 0. The Morgan fingerprint density at radius 2 is 1.91 bits per heavy atom. The van der Waals surface area contributed by atoms with Gasteiger partial charge in [-0.2, -0.15) is 0 Å². The van der Waals surface area contributed by atoms with Crippen LogP contribution in [0.25, 0.3) is 11.0 Å². The van der Waals surface area contributed by atoms with Crippen LogP contribution in [0.5, 0.6) is 0 Å². The highest BCUT2D eigenvalue weighted by Gasteiger charge is 2.23. The second kappa shape index (κ2) is 11.3. The van der Waals surface area contributed by atoms with Gasteiger partial charge in [0.2, 0.25) is 15.9 Å². The summed E-state index contributed by atoms with van der Waals surface area (Å²) in [6.07, 6.45) is 1.64. The van der Waals surface area contributed by atoms with Crippen LogP contribution in [-0.4, -0.2) is 61.6 Å². The molecular formula is C25H33N5O4S. The quantitative estimate of drug-likeness (QED) is 0.441. The van der Waals surface area contributed by atoms with Crippen molar-refractivity contribution in [1.82, 2.24) is 19.8 Å². The van der Waals surface area contributed by atoms with Crippen LogP contribution in [-0.2, 0) is 32.5 Å². The molecule has 1 aliphatic heterocycles. The van der Waals surface area contributed by atoms with Crippen molar-refractivity contribution in [1.29, 1.82) is 0 Å². The molecular weight excluding hydrogens is 466 g/mol. The molecule has 0 unspecified atom stereocenters. The summed E-state index contributed by atoms with van der Waals surface area (Å²) in [6.45, 7) is 6.36. The molecule has 10 heteroatoms. The molecule has 1 saturated heterocycles. The third-order valence-electron chi connectivity index (χ3n) is 6.31. The van der Waals surface area contributed by atoms with Gasteiger partial charge >= 0.3 is 0 Å². The lowest BCUT2D eigenvalue weighted by Crippen LogP contribution is -2.43. The number of primary sulfonamides is 1. The minimum Gasteiger partial charge on any atom is -0.379 e. The molecule has 3 aromatic rings. The number of amides is 1. The Bertz CT molecular complexity index is 1250. The summed E-state index contributed by atoms with van der Waals surface area (Å²) in [7, 11) is -3.81. The number of fused-ring (bicyclic) bond motifs is 1. The van der Waals surface area contributed by atoms with Gasteiger partial charge in [-0.1, -0.05) is 37.3 Å². The Morgan fingerprint density at radius 3 is 2.60 bits per heavy atom. The number of benzene rings is 2. The topological polar surface area (TPSA) is 120 Å². The van der Waals surface area contributed by atoms with E-state index in [1.165, 1.54) is 17.7 Å². The number of carbonyl (C=O) groups excluding carboxylic acids is 1. The monoisotopic (exact) mass is 499 g/mol. The lowest BCUT2D eigenvalue weighted by atomic mass is 10.0. The molecule has 35 heavy (non-hydrogen) atoms. The van der Waals surface area contributed by atoms with E-state index in [0.29, 0.717) is 38.1 Å². The van der Waals surface area contributed by atoms with Crippen molar-refractivity contribution in [2.75, 3.05) is 32.8 Å². The van der Waals surface area contributed by atoms with E-state index >= 15 is 0 Å². The molecule has 3 N–H and O–H groups in total. The van der Waals surface area contributed by atoms with E-state index < -0.39 is 10.0 Å². The number of nitrogens with two attached hydrogens (primary N) is 1. The molecule has 0 spiro atoms. The first kappa shape index (κ1) is 25.3. The number of nitrogens with zero attached hydrogens (tertiary/aromatic N) is 3. The Balaban J connectivity index is 1.44. The molecule has 188 valence electrons. The number of aryl methyl sites for hydroxylation is 2. The predicted molar refractivity (Wildman–Crippen MR) is 134 cm³/mol. The molecule has 1 fully saturated rings. The van der Waals surface area contributed by atoms with Crippen molar-refractivity contribution in [3.63, 3.8) is 0 Å². The molecule has 0 aliphatic carbocycles. The zero-order valence-corrected chi connectivity index (χ0v) is 20.8. The third-order valence-corrected chi connectivity index (χ3v) is 7.22. The van der Waals surface area contributed by atoms with E-state index in [2.05, 4.69) is 38.8 Å². The van der Waals surface area contributed by atoms with Gasteiger partial charge in [0, 0.05) is 39.0 Å². The molecule has 4 rings (SSSR count). The van der Waals surface area contributed by atoms with Crippen molar-refractivity contribution < 1.29 is 17.9 Å². The lowest BCUT2D eigenvalue weighted by Gasteiger charge is -2.35. The first-order valence-electron chi connectivity index (χ1n) is 12.0. The minimum atomic E-state index is -3.81. The number of imidazole rings is 1. The number of nitrogens with one attached hydrogen (secondary N) is 1. The minimum absolute atomic E-state index is 0.0329. The van der Waals surface area contributed by atoms with Crippen molar-refractivity contribution in [2.24, 2.45) is 5.14 Å². The third kappa shape index (κ3) is 6.26. The maximum atomic E-state index is 12.8. The Labute approximate surface area is 206 Å². The molecule has 0 radical (unpaired) electrons. The molecule has 1 amide bonds. The second-order valence-electron chi connectivity index (χ2n) is 8.75. The number of sulfonamides is 1. The summed E-state index contributed by atoms with van der Waals surface area (Å²) < 4.78 is 31.0. The van der Waals surface area contributed by atoms with E-state index in [0.717, 1.165) is 37.4 Å². The second-order valence-corrected chi connectivity index (χ2v) is 10.3. The number of aromatic nitrogens is 2. The fourth-order valence-corrected chi connectivity index (χ4v) is 5.08. The van der Waals surface area contributed by atoms with Gasteiger partial charge < -0.3 is 14.6 Å². The first-order valence-corrected chi connectivity index (χ1v) is 13.6. The molecule has 2 aromatic carbocycles. The van der Waals surface area contributed by atoms with Crippen LogP contribution < -0.4 is 10.5 Å². The molecule has 0 saturated carbocycles. The number of hydrogen-bond acceptors (Lipinski definition) is 6. The summed E-state index contributed by atoms with van der Waals surface area (Å²) in [6, 6.07) is 15.0. The van der Waals surface area contributed by atoms with Gasteiger partial charge in [0.25, 0.3) is 0 Å². The van der Waals surface area contributed by atoms with Crippen LogP contribution in [0.2, 0.25) is 0 Å². The standard InChI is InChI=1S/C25H33N5O4S/c1-2-12-30-22-9-8-20(35(26,32)33)17-21(22)28-24(30)10-11-25(31)27-18-23(19-6-4-3-5-7-19)29-13-15-34-16-14-29/h3-9,17,23H,2,10-16,18H2,1H3,(H,27,31)(H2,26,32,33)/t23-/m0/s1. The van der Waals surface area contributed by atoms with Crippen LogP contribution in [0.4, 0.5) is 0 Å². The summed E-state index contributed by atoms with van der Waals surface area (Å²) in [5.41, 5.74) is 2.58. The molecule has 0 bridgehead atoms. The molecule has 1 aliphatic rings. The van der Waals surface area contributed by atoms with Crippen molar-refractivity contribution in [3.05, 3.63) is 59.9 Å². The van der Waals surface area contributed by atoms with Gasteiger partial charge in [0.1, 0.15) is 5.82 Å². The summed E-state index contributed by atoms with van der Waals surface area (Å²) in [5.74, 6) is 0.718. The van der Waals surface area contributed by atoms with E-state index in [1.807, 2.05) is 18.2 Å². The molecule has 2 heterocycles. The number of carbonyl (C=O) groups is 1. The maximum Gasteiger partial charge on any atom is 0.238 e. The van der Waals surface area contributed by atoms with Crippen molar-refractivity contribution in [3.8, 4) is 0 Å². The molecule has 1 atom stereocenters. The van der Waals surface area contributed by atoms with Gasteiger partial charge in [0.05, 0.1) is 35.2 Å². The maximum absolute atomic E-state index is 12.8. The fraction of sp³-hybridized carbons (Fsp3) is 0.440. The largest absolute Gasteiger partial charge is 0.379 e. The van der Waals surface area contributed by atoms with Gasteiger partial charge in [-0.05, 0) is 30.2 Å². The van der Waals surface area contributed by atoms with Crippen molar-refractivity contribution in [2.45, 2.75) is 43.7 Å². The van der Waals surface area contributed by atoms with Crippen LogP contribution >= 0.6 is 0 Å². The van der Waals surface area contributed by atoms with Crippen molar-refractivity contribution >= 4 is 27.0 Å². The first-order chi connectivity index (χ1) is 16.9. The van der Waals surface area contributed by atoms with E-state index in [9.17, 15) is 13.2 Å². The highest BCUT2D eigenvalue weighted by Crippen LogP contribution is 2.23. The van der Waals surface area contributed by atoms with E-state index in [-0.39, 0.29) is 16.8 Å². The van der Waals surface area contributed by atoms with Crippen LogP contribution in [0.1, 0.15) is 37.2 Å². The van der Waals surface area contributed by atoms with Crippen LogP contribution in [0.15, 0.2) is 53.4 Å². The normalized spacial score (nSPS) is 15.8. The van der Waals surface area contributed by atoms with Crippen LogP contribution in [0, 0.1) is 0 Å². The lowest BCUT2D eigenvalue weighted by molar-refractivity contribution is -0.121. The average Bonchev–Trinajstić information content (AvgIpc) is 3.20. The summed E-state index contributed by atoms with van der Waals surface area (Å²) in [4.78, 5) is 19.8. The van der Waals surface area contributed by atoms with Gasteiger partial charge in [0.15, 0.2) is 0 Å². The van der Waals surface area contributed by atoms with E-state index in [1.54, 1.807) is 6.07 Å². The SMILES string of the molecule is CCCn1c(CCC(=O)NC[C@@H](c2ccccc2)N2CCOCC2)nc2cc(S(N)(=O)=O)ccc21. The Morgan fingerprint density at radius 1 is 1.17 bits per heavy atom. The number of rotatable bonds is 10. The fourth-order valence-electron chi connectivity index (χ4n) is 4.55. The zero-order chi connectivity index (χ0) is 24.8. The van der Waals surface area contributed by atoms with Gasteiger partial charge in [-0.15, -0.1) is 0 Å². The van der Waals surface area contributed by atoms with E-state index in [4.69, 9.17) is 9.88 Å². The zero-order valence-electron chi connectivity index (χ0n) is 20.0. The number of morpholine rings is 1. The predicted octanol–water partition coefficient (Wildman–Crippen LogP) is 2.22. The summed E-state index contributed by atoms with van der Waals surface area (Å²) in [5, 5.41) is 8.39. The Kier molecular flexibility index (Phi) is 8.17. The molecule has 1 aromatic heterocycles. The average molecular weight is 500 g/mol. The molecule has 9 nitrogen and oxygen atoms in total. The van der Waals surface area contributed by atoms with Crippen LogP contribution in [0.3, 0.4) is 0 Å².